The molecule has 2 aromatic carbocycles. The van der Waals surface area contributed by atoms with E-state index in [1.54, 1.807) is 23.1 Å². The summed E-state index contributed by atoms with van der Waals surface area (Å²) in [5, 5.41) is 2.96. The Bertz CT molecular complexity index is 784. The summed E-state index contributed by atoms with van der Waals surface area (Å²) < 4.78 is 2.15. The van der Waals surface area contributed by atoms with Crippen LogP contribution in [0.15, 0.2) is 52.9 Å². The number of carbonyl (C=O) groups excluding carboxylic acids is 1. The second-order valence-corrected chi connectivity index (χ2v) is 6.98. The van der Waals surface area contributed by atoms with Crippen LogP contribution in [0.1, 0.15) is 12.0 Å². The Kier molecular flexibility index (Phi) is 4.75. The Labute approximate surface area is 137 Å². The Balaban J connectivity index is 1.63. The topological polar surface area (TPSA) is 42.0 Å². The second-order valence-electron chi connectivity index (χ2n) is 4.90. The van der Waals surface area contributed by atoms with Crippen molar-refractivity contribution in [3.63, 3.8) is 0 Å². The summed E-state index contributed by atoms with van der Waals surface area (Å²) in [6, 6.07) is 15.9. The van der Waals surface area contributed by atoms with Crippen LogP contribution in [0.3, 0.4) is 0 Å². The number of carbonyl (C=O) groups is 1. The maximum Gasteiger partial charge on any atom is 0.224 e. The average molecular weight is 328 g/mol. The molecule has 5 heteroatoms. The van der Waals surface area contributed by atoms with E-state index in [2.05, 4.69) is 10.3 Å². The Morgan fingerprint density at radius 3 is 2.82 bits per heavy atom. The molecule has 3 rings (SSSR count). The monoisotopic (exact) mass is 328 g/mol. The smallest absolute Gasteiger partial charge is 0.224 e. The average Bonchev–Trinajstić information content (AvgIpc) is 2.96. The molecule has 1 aromatic heterocycles. The molecule has 0 atom stereocenters. The number of anilines is 1. The molecule has 3 nitrogen and oxygen atoms in total. The third-order valence-electron chi connectivity index (χ3n) is 3.31. The lowest BCUT2D eigenvalue weighted by atomic mass is 10.1. The number of aryl methyl sites for hydroxylation is 1. The minimum atomic E-state index is 0.0396. The largest absolute Gasteiger partial charge is 0.326 e. The Morgan fingerprint density at radius 1 is 1.23 bits per heavy atom. The molecule has 3 aromatic rings. The van der Waals surface area contributed by atoms with Crippen molar-refractivity contribution in [2.24, 2.45) is 0 Å². The van der Waals surface area contributed by atoms with E-state index in [9.17, 15) is 4.79 Å². The van der Waals surface area contributed by atoms with Crippen LogP contribution < -0.4 is 5.32 Å². The number of hydrogen-bond acceptors (Lipinski definition) is 4. The van der Waals surface area contributed by atoms with Crippen molar-refractivity contribution in [1.29, 1.82) is 0 Å². The van der Waals surface area contributed by atoms with E-state index in [1.165, 1.54) is 5.56 Å². The zero-order valence-electron chi connectivity index (χ0n) is 12.2. The van der Waals surface area contributed by atoms with Gasteiger partial charge in [-0.3, -0.25) is 4.79 Å². The Morgan fingerprint density at radius 2 is 2.05 bits per heavy atom. The predicted molar refractivity (Wildman–Crippen MR) is 94.8 cm³/mol. The minimum absolute atomic E-state index is 0.0396. The van der Waals surface area contributed by atoms with Crippen LogP contribution in [-0.4, -0.2) is 17.1 Å². The van der Waals surface area contributed by atoms with Gasteiger partial charge in [-0.2, -0.15) is 0 Å². The minimum Gasteiger partial charge on any atom is -0.326 e. The maximum absolute atomic E-state index is 12.1. The molecule has 0 aliphatic rings. The summed E-state index contributed by atoms with van der Waals surface area (Å²) in [6.07, 6.45) is 3.26. The maximum atomic E-state index is 12.1. The number of amides is 1. The first-order valence-electron chi connectivity index (χ1n) is 7.03. The van der Waals surface area contributed by atoms with E-state index in [1.807, 2.05) is 54.8 Å². The van der Waals surface area contributed by atoms with Gasteiger partial charge in [-0.25, -0.2) is 4.98 Å². The fraction of sp³-hybridized carbons (Fsp3) is 0.176. The van der Waals surface area contributed by atoms with Crippen LogP contribution in [0.25, 0.3) is 10.2 Å². The number of rotatable bonds is 5. The van der Waals surface area contributed by atoms with E-state index in [4.69, 9.17) is 0 Å². The number of thiazole rings is 1. The normalized spacial score (nSPS) is 10.8. The fourth-order valence-corrected chi connectivity index (χ4v) is 3.72. The third-order valence-corrected chi connectivity index (χ3v) is 5.31. The number of nitrogens with zero attached hydrogens (tertiary/aromatic N) is 1. The number of thioether (sulfide) groups is 1. The molecular weight excluding hydrogens is 312 g/mol. The zero-order valence-corrected chi connectivity index (χ0v) is 13.8. The van der Waals surface area contributed by atoms with Gasteiger partial charge in [-0.1, -0.05) is 42.1 Å². The van der Waals surface area contributed by atoms with Gasteiger partial charge in [-0.05, 0) is 36.4 Å². The standard InChI is InChI=1S/C17H16N2OS2/c1-21-17-19-14-9-8-13(11-15(14)22-17)18-16(20)10-7-12-5-3-2-4-6-12/h2-6,8-9,11H,7,10H2,1H3,(H,18,20). The first-order chi connectivity index (χ1) is 10.7. The van der Waals surface area contributed by atoms with Crippen molar-refractivity contribution in [3.05, 3.63) is 54.1 Å². The van der Waals surface area contributed by atoms with Crippen LogP contribution in [0, 0.1) is 0 Å². The summed E-state index contributed by atoms with van der Waals surface area (Å²) in [5.74, 6) is 0.0396. The number of aromatic nitrogens is 1. The molecule has 0 saturated carbocycles. The van der Waals surface area contributed by atoms with Gasteiger partial charge in [0.2, 0.25) is 5.91 Å². The number of benzene rings is 2. The van der Waals surface area contributed by atoms with Gasteiger partial charge in [-0.15, -0.1) is 11.3 Å². The molecule has 0 saturated heterocycles. The molecule has 22 heavy (non-hydrogen) atoms. The van der Waals surface area contributed by atoms with Gasteiger partial charge < -0.3 is 5.32 Å². The van der Waals surface area contributed by atoms with Crippen LogP contribution in [0.5, 0.6) is 0 Å². The first-order valence-corrected chi connectivity index (χ1v) is 9.07. The van der Waals surface area contributed by atoms with Gasteiger partial charge in [0.15, 0.2) is 4.34 Å². The Hall–Kier alpha value is -1.85. The highest BCUT2D eigenvalue weighted by Gasteiger charge is 2.07. The highest BCUT2D eigenvalue weighted by molar-refractivity contribution is 8.00. The summed E-state index contributed by atoms with van der Waals surface area (Å²) in [4.78, 5) is 16.6. The molecule has 0 spiro atoms. The van der Waals surface area contributed by atoms with Crippen LogP contribution in [0.4, 0.5) is 5.69 Å². The van der Waals surface area contributed by atoms with E-state index < -0.39 is 0 Å². The number of nitrogens with one attached hydrogen (secondary N) is 1. The van der Waals surface area contributed by atoms with E-state index >= 15 is 0 Å². The second kappa shape index (κ2) is 6.94. The van der Waals surface area contributed by atoms with Crippen molar-refractivity contribution in [2.75, 3.05) is 11.6 Å². The first kappa shape index (κ1) is 15.1. The molecule has 0 aliphatic heterocycles. The molecule has 0 aliphatic carbocycles. The van der Waals surface area contributed by atoms with E-state index in [0.29, 0.717) is 6.42 Å². The van der Waals surface area contributed by atoms with Crippen molar-refractivity contribution >= 4 is 44.9 Å². The molecule has 0 unspecified atom stereocenters. The van der Waals surface area contributed by atoms with Gasteiger partial charge in [0, 0.05) is 12.1 Å². The van der Waals surface area contributed by atoms with Gasteiger partial charge in [0.1, 0.15) is 0 Å². The van der Waals surface area contributed by atoms with Crippen LogP contribution in [-0.2, 0) is 11.2 Å². The molecule has 1 N–H and O–H groups in total. The van der Waals surface area contributed by atoms with Crippen molar-refractivity contribution < 1.29 is 4.79 Å². The summed E-state index contributed by atoms with van der Waals surface area (Å²) >= 11 is 3.29. The third kappa shape index (κ3) is 3.67. The van der Waals surface area contributed by atoms with Crippen molar-refractivity contribution in [3.8, 4) is 0 Å². The van der Waals surface area contributed by atoms with Crippen LogP contribution in [0.2, 0.25) is 0 Å². The quantitative estimate of drug-likeness (QED) is 0.697. The highest BCUT2D eigenvalue weighted by atomic mass is 32.2. The summed E-state index contributed by atoms with van der Waals surface area (Å²) in [6.45, 7) is 0. The molecule has 1 heterocycles. The van der Waals surface area contributed by atoms with Gasteiger partial charge in [0.25, 0.3) is 0 Å². The lowest BCUT2D eigenvalue weighted by molar-refractivity contribution is -0.116. The molecule has 0 bridgehead atoms. The highest BCUT2D eigenvalue weighted by Crippen LogP contribution is 2.29. The molecular formula is C17H16N2OS2. The fourth-order valence-electron chi connectivity index (χ4n) is 2.19. The van der Waals surface area contributed by atoms with E-state index in [0.717, 1.165) is 26.7 Å². The lowest BCUT2D eigenvalue weighted by Gasteiger charge is -2.05. The lowest BCUT2D eigenvalue weighted by Crippen LogP contribution is -2.12. The summed E-state index contributed by atoms with van der Waals surface area (Å²) in [7, 11) is 0. The number of hydrogen-bond donors (Lipinski definition) is 1. The van der Waals surface area contributed by atoms with Gasteiger partial charge >= 0.3 is 0 Å². The summed E-state index contributed by atoms with van der Waals surface area (Å²) in [5.41, 5.74) is 3.00. The predicted octanol–water partition coefficient (Wildman–Crippen LogP) is 4.59. The molecule has 112 valence electrons. The van der Waals surface area contributed by atoms with Crippen molar-refractivity contribution in [2.45, 2.75) is 17.2 Å². The SMILES string of the molecule is CSc1nc2ccc(NC(=O)CCc3ccccc3)cc2s1. The molecule has 0 fully saturated rings. The molecule has 1 amide bonds. The van der Waals surface area contributed by atoms with Crippen LogP contribution >= 0.6 is 23.1 Å². The van der Waals surface area contributed by atoms with Crippen molar-refractivity contribution in [1.82, 2.24) is 4.98 Å². The zero-order chi connectivity index (χ0) is 15.4. The molecule has 0 radical (unpaired) electrons. The van der Waals surface area contributed by atoms with E-state index in [-0.39, 0.29) is 5.91 Å². The number of fused-ring (bicyclic) bond motifs is 1. The van der Waals surface area contributed by atoms with Gasteiger partial charge in [0.05, 0.1) is 10.2 Å².